The van der Waals surface area contributed by atoms with Gasteiger partial charge in [-0.25, -0.2) is 14.8 Å². The molecule has 154 valence electrons. The van der Waals surface area contributed by atoms with Crippen molar-refractivity contribution >= 4 is 33.8 Å². The Bertz CT molecular complexity index is 1060. The predicted molar refractivity (Wildman–Crippen MR) is 109 cm³/mol. The lowest BCUT2D eigenvalue weighted by Crippen LogP contribution is -2.41. The highest BCUT2D eigenvalue weighted by molar-refractivity contribution is 6.09. The number of hydrogen-bond donors (Lipinski definition) is 2. The summed E-state index contributed by atoms with van der Waals surface area (Å²) in [4.78, 5) is 21.7. The molecule has 0 bridgehead atoms. The first kappa shape index (κ1) is 19.3. The van der Waals surface area contributed by atoms with Crippen molar-refractivity contribution in [1.29, 1.82) is 0 Å². The molecule has 29 heavy (non-hydrogen) atoms. The van der Waals surface area contributed by atoms with Crippen LogP contribution in [0.2, 0.25) is 0 Å². The Kier molecular flexibility index (Phi) is 5.14. The van der Waals surface area contributed by atoms with Crippen molar-refractivity contribution in [3.63, 3.8) is 0 Å². The van der Waals surface area contributed by atoms with Gasteiger partial charge in [-0.05, 0) is 19.1 Å². The van der Waals surface area contributed by atoms with E-state index in [4.69, 9.17) is 20.3 Å². The Morgan fingerprint density at radius 3 is 2.76 bits per heavy atom. The van der Waals surface area contributed by atoms with Crippen LogP contribution >= 0.6 is 0 Å². The minimum atomic E-state index is -0.883. The molecule has 0 aliphatic carbocycles. The minimum absolute atomic E-state index is 0.0556. The average Bonchev–Trinajstić information content (AvgIpc) is 3.04. The van der Waals surface area contributed by atoms with E-state index in [-0.39, 0.29) is 6.10 Å². The number of fused-ring (bicyclic) bond motifs is 3. The van der Waals surface area contributed by atoms with Crippen molar-refractivity contribution in [1.82, 2.24) is 19.4 Å². The molecule has 0 unspecified atom stereocenters. The standard InChI is InChI=1S/C20H25N5O4/c1-3-28-11-15-23-17-18(24(15)2)16-13(22-19(17)21)5-4-6-14(16)29-12-7-9-25(10-8-12)20(26)27/h4-6,12H,3,7-11H2,1-2H3,(H2,21,22)(H,26,27). The first-order valence-electron chi connectivity index (χ1n) is 9.75. The summed E-state index contributed by atoms with van der Waals surface area (Å²) in [6.07, 6.45) is 0.358. The second-order valence-electron chi connectivity index (χ2n) is 7.16. The molecule has 0 saturated carbocycles. The molecule has 2 aromatic heterocycles. The maximum absolute atomic E-state index is 11.1. The summed E-state index contributed by atoms with van der Waals surface area (Å²) < 4.78 is 13.8. The van der Waals surface area contributed by atoms with Crippen LogP contribution in [0.1, 0.15) is 25.6 Å². The monoisotopic (exact) mass is 399 g/mol. The number of pyridine rings is 1. The zero-order chi connectivity index (χ0) is 20.5. The number of ether oxygens (including phenoxy) is 2. The number of piperidine rings is 1. The van der Waals surface area contributed by atoms with E-state index in [1.165, 1.54) is 4.90 Å². The van der Waals surface area contributed by atoms with Crippen LogP contribution in [-0.2, 0) is 18.4 Å². The van der Waals surface area contributed by atoms with E-state index in [9.17, 15) is 4.79 Å². The third-order valence-corrected chi connectivity index (χ3v) is 5.35. The van der Waals surface area contributed by atoms with Crippen molar-refractivity contribution < 1.29 is 19.4 Å². The first-order chi connectivity index (χ1) is 14.0. The van der Waals surface area contributed by atoms with Gasteiger partial charge in [-0.15, -0.1) is 0 Å². The van der Waals surface area contributed by atoms with E-state index in [0.29, 0.717) is 56.2 Å². The highest BCUT2D eigenvalue weighted by atomic mass is 16.5. The molecule has 1 fully saturated rings. The fourth-order valence-corrected chi connectivity index (χ4v) is 3.81. The molecular formula is C20H25N5O4. The van der Waals surface area contributed by atoms with Gasteiger partial charge in [0.1, 0.15) is 29.8 Å². The number of carboxylic acid groups (broad SMARTS) is 1. The number of nitrogens with zero attached hydrogens (tertiary/aromatic N) is 4. The molecule has 0 spiro atoms. The first-order valence-corrected chi connectivity index (χ1v) is 9.75. The molecule has 9 nitrogen and oxygen atoms in total. The Hall–Kier alpha value is -3.07. The van der Waals surface area contributed by atoms with Crippen molar-refractivity contribution in [3.05, 3.63) is 24.0 Å². The van der Waals surface area contributed by atoms with E-state index >= 15 is 0 Å². The van der Waals surface area contributed by atoms with Gasteiger partial charge in [0, 0.05) is 39.6 Å². The number of aryl methyl sites for hydroxylation is 1. The summed E-state index contributed by atoms with van der Waals surface area (Å²) >= 11 is 0. The maximum Gasteiger partial charge on any atom is 0.407 e. The van der Waals surface area contributed by atoms with Gasteiger partial charge in [-0.2, -0.15) is 0 Å². The molecule has 1 saturated heterocycles. The second kappa shape index (κ2) is 7.75. The highest BCUT2D eigenvalue weighted by Crippen LogP contribution is 2.35. The number of hydrogen-bond acceptors (Lipinski definition) is 6. The van der Waals surface area contributed by atoms with Gasteiger partial charge in [0.2, 0.25) is 0 Å². The normalized spacial score (nSPS) is 15.3. The Morgan fingerprint density at radius 1 is 1.31 bits per heavy atom. The van der Waals surface area contributed by atoms with E-state index in [2.05, 4.69) is 9.97 Å². The van der Waals surface area contributed by atoms with Gasteiger partial charge >= 0.3 is 6.09 Å². The Balaban J connectivity index is 1.74. The van der Waals surface area contributed by atoms with Gasteiger partial charge < -0.3 is 29.8 Å². The smallest absolute Gasteiger partial charge is 0.407 e. The number of nitrogens with two attached hydrogens (primary N) is 1. The number of carbonyl (C=O) groups is 1. The summed E-state index contributed by atoms with van der Waals surface area (Å²) in [6, 6.07) is 5.71. The SMILES string of the molecule is CCOCc1nc2c(N)nc3cccc(OC4CCN(C(=O)O)CC4)c3c2n1C. The minimum Gasteiger partial charge on any atom is -0.490 e. The zero-order valence-corrected chi connectivity index (χ0v) is 16.6. The number of likely N-dealkylation sites (tertiary alicyclic amines) is 1. The fraction of sp³-hybridized carbons (Fsp3) is 0.450. The molecule has 1 amide bonds. The topological polar surface area (TPSA) is 116 Å². The molecule has 4 rings (SSSR count). The average molecular weight is 399 g/mol. The van der Waals surface area contributed by atoms with Crippen LogP contribution in [-0.4, -0.2) is 56.4 Å². The summed E-state index contributed by atoms with van der Waals surface area (Å²) in [5.41, 5.74) is 8.41. The lowest BCUT2D eigenvalue weighted by molar-refractivity contribution is 0.0902. The molecule has 0 atom stereocenters. The predicted octanol–water partition coefficient (Wildman–Crippen LogP) is 2.76. The number of nitrogen functional groups attached to an aromatic ring is 1. The third-order valence-electron chi connectivity index (χ3n) is 5.35. The second-order valence-corrected chi connectivity index (χ2v) is 7.16. The van der Waals surface area contributed by atoms with Gasteiger partial charge in [-0.1, -0.05) is 6.07 Å². The number of benzene rings is 1. The van der Waals surface area contributed by atoms with Crippen LogP contribution in [0.15, 0.2) is 18.2 Å². The lowest BCUT2D eigenvalue weighted by Gasteiger charge is -2.30. The Morgan fingerprint density at radius 2 is 2.07 bits per heavy atom. The van der Waals surface area contributed by atoms with E-state index < -0.39 is 6.09 Å². The van der Waals surface area contributed by atoms with Crippen LogP contribution < -0.4 is 10.5 Å². The summed E-state index contributed by atoms with van der Waals surface area (Å²) in [5, 5.41) is 10.00. The molecule has 1 aromatic carbocycles. The molecule has 9 heteroatoms. The van der Waals surface area contributed by atoms with Crippen LogP contribution in [0.4, 0.5) is 10.6 Å². The van der Waals surface area contributed by atoms with E-state index in [0.717, 1.165) is 22.2 Å². The molecule has 1 aliphatic rings. The fourth-order valence-electron chi connectivity index (χ4n) is 3.81. The number of imidazole rings is 1. The highest BCUT2D eigenvalue weighted by Gasteiger charge is 2.25. The van der Waals surface area contributed by atoms with Crippen molar-refractivity contribution in [2.45, 2.75) is 32.5 Å². The molecule has 3 aromatic rings. The van der Waals surface area contributed by atoms with Crippen LogP contribution in [0.25, 0.3) is 21.9 Å². The van der Waals surface area contributed by atoms with Gasteiger partial charge in [0.05, 0.1) is 16.4 Å². The van der Waals surface area contributed by atoms with E-state index in [1.807, 2.05) is 36.7 Å². The lowest BCUT2D eigenvalue weighted by atomic mass is 10.1. The summed E-state index contributed by atoms with van der Waals surface area (Å²) in [6.45, 7) is 3.86. The molecule has 3 N–H and O–H groups in total. The largest absolute Gasteiger partial charge is 0.490 e. The number of aromatic nitrogens is 3. The van der Waals surface area contributed by atoms with Crippen molar-refractivity contribution in [2.75, 3.05) is 25.4 Å². The molecule has 0 radical (unpaired) electrons. The third kappa shape index (κ3) is 3.53. The number of amides is 1. The molecule has 1 aliphatic heterocycles. The zero-order valence-electron chi connectivity index (χ0n) is 16.6. The summed E-state index contributed by atoms with van der Waals surface area (Å²) in [5.74, 6) is 1.85. The van der Waals surface area contributed by atoms with Crippen LogP contribution in [0, 0.1) is 0 Å². The number of anilines is 1. The van der Waals surface area contributed by atoms with Crippen molar-refractivity contribution in [3.8, 4) is 5.75 Å². The van der Waals surface area contributed by atoms with Gasteiger partial charge in [0.25, 0.3) is 0 Å². The quantitative estimate of drug-likeness (QED) is 0.678. The number of rotatable bonds is 5. The summed E-state index contributed by atoms with van der Waals surface area (Å²) in [7, 11) is 1.94. The Labute approximate surface area is 168 Å². The van der Waals surface area contributed by atoms with Gasteiger partial charge in [0.15, 0.2) is 5.82 Å². The van der Waals surface area contributed by atoms with Gasteiger partial charge in [-0.3, -0.25) is 0 Å². The molecular weight excluding hydrogens is 374 g/mol. The molecule has 3 heterocycles. The van der Waals surface area contributed by atoms with Crippen molar-refractivity contribution in [2.24, 2.45) is 7.05 Å². The van der Waals surface area contributed by atoms with Crippen LogP contribution in [0.5, 0.6) is 5.75 Å². The van der Waals surface area contributed by atoms with E-state index in [1.54, 1.807) is 0 Å². The van der Waals surface area contributed by atoms with Crippen LogP contribution in [0.3, 0.4) is 0 Å². The maximum atomic E-state index is 11.1.